The van der Waals surface area contributed by atoms with E-state index in [1.807, 2.05) is 41.1 Å². The van der Waals surface area contributed by atoms with E-state index in [1.165, 1.54) is 0 Å². The van der Waals surface area contributed by atoms with Gasteiger partial charge in [-0.15, -0.1) is 0 Å². The number of aromatic nitrogens is 4. The van der Waals surface area contributed by atoms with Gasteiger partial charge < -0.3 is 19.0 Å². The molecule has 2 aromatic heterocycles. The van der Waals surface area contributed by atoms with Crippen LogP contribution < -0.4 is 10.2 Å². The maximum absolute atomic E-state index is 6.33. The first-order valence-electron chi connectivity index (χ1n) is 12.2. The van der Waals surface area contributed by atoms with Gasteiger partial charge in [-0.1, -0.05) is 36.4 Å². The molecule has 0 aliphatic carbocycles. The van der Waals surface area contributed by atoms with Crippen LogP contribution in [0.4, 0.5) is 0 Å². The Labute approximate surface area is 210 Å². The Balaban J connectivity index is 1.46. The zero-order valence-electron chi connectivity index (χ0n) is 21.2. The molecule has 1 aliphatic rings. The molecule has 1 aliphatic heterocycles. The number of aromatic amines is 1. The Morgan fingerprint density at radius 3 is 2.36 bits per heavy atom. The van der Waals surface area contributed by atoms with E-state index in [0.29, 0.717) is 6.54 Å². The average molecular weight is 480 g/mol. The Morgan fingerprint density at radius 2 is 1.67 bits per heavy atom. The standard InChI is InChI=1S/C28H29BN4O3/c1-27(2)28(3,4)36-29(35-27)19-12-15-24-21(16-19)25(26-30-22-8-6-7-9-23(22)31-26)32-33(24)17-18-10-13-20(34-5)14-11-18/h6-16H,17H2,1-5H3,(H,30,31). The minimum Gasteiger partial charge on any atom is -0.497 e. The highest BCUT2D eigenvalue weighted by Gasteiger charge is 2.51. The van der Waals surface area contributed by atoms with Gasteiger partial charge in [0.25, 0.3) is 0 Å². The maximum atomic E-state index is 6.33. The number of nitrogens with zero attached hydrogens (tertiary/aromatic N) is 3. The first-order chi connectivity index (χ1) is 17.2. The fraction of sp³-hybridized carbons (Fsp3) is 0.286. The molecule has 0 atom stereocenters. The first-order valence-corrected chi connectivity index (χ1v) is 12.2. The summed E-state index contributed by atoms with van der Waals surface area (Å²) in [5, 5.41) is 6.02. The smallest absolute Gasteiger partial charge is 0.494 e. The lowest BCUT2D eigenvalue weighted by atomic mass is 9.78. The molecule has 5 aromatic rings. The molecule has 0 spiro atoms. The molecule has 0 bridgehead atoms. The van der Waals surface area contributed by atoms with Gasteiger partial charge in [-0.3, -0.25) is 4.68 Å². The Bertz CT molecular complexity index is 1520. The van der Waals surface area contributed by atoms with Gasteiger partial charge >= 0.3 is 7.12 Å². The van der Waals surface area contributed by atoms with Crippen LogP contribution in [0, 0.1) is 0 Å². The molecule has 0 amide bonds. The number of nitrogens with one attached hydrogen (secondary N) is 1. The second-order valence-electron chi connectivity index (χ2n) is 10.3. The molecular weight excluding hydrogens is 451 g/mol. The number of H-pyrrole nitrogens is 1. The molecule has 0 unspecified atom stereocenters. The molecule has 3 aromatic carbocycles. The van der Waals surface area contributed by atoms with Crippen molar-refractivity contribution < 1.29 is 14.0 Å². The van der Waals surface area contributed by atoms with Crippen LogP contribution in [0.25, 0.3) is 33.5 Å². The molecular formula is C28H29BN4O3. The number of ether oxygens (including phenoxy) is 1. The topological polar surface area (TPSA) is 74.2 Å². The lowest BCUT2D eigenvalue weighted by molar-refractivity contribution is 0.00578. The van der Waals surface area contributed by atoms with E-state index in [1.54, 1.807) is 7.11 Å². The van der Waals surface area contributed by atoms with Gasteiger partial charge in [0.2, 0.25) is 0 Å². The van der Waals surface area contributed by atoms with Crippen molar-refractivity contribution in [2.24, 2.45) is 0 Å². The van der Waals surface area contributed by atoms with Crippen molar-refractivity contribution in [2.45, 2.75) is 45.4 Å². The number of fused-ring (bicyclic) bond motifs is 2. The van der Waals surface area contributed by atoms with Crippen molar-refractivity contribution in [2.75, 3.05) is 7.11 Å². The fourth-order valence-corrected chi connectivity index (χ4v) is 4.59. The van der Waals surface area contributed by atoms with E-state index in [2.05, 4.69) is 63.0 Å². The predicted octanol–water partition coefficient (Wildman–Crippen LogP) is 4.94. The molecule has 7 nitrogen and oxygen atoms in total. The van der Waals surface area contributed by atoms with Crippen LogP contribution >= 0.6 is 0 Å². The quantitative estimate of drug-likeness (QED) is 0.361. The lowest BCUT2D eigenvalue weighted by Gasteiger charge is -2.32. The number of benzene rings is 3. The van der Waals surface area contributed by atoms with E-state index >= 15 is 0 Å². The fourth-order valence-electron chi connectivity index (χ4n) is 4.59. The minimum absolute atomic E-state index is 0.410. The van der Waals surface area contributed by atoms with Crippen LogP contribution in [0.15, 0.2) is 66.7 Å². The number of rotatable bonds is 5. The van der Waals surface area contributed by atoms with Crippen LogP contribution in [0.5, 0.6) is 5.75 Å². The second kappa shape index (κ2) is 8.22. The third-order valence-corrected chi connectivity index (χ3v) is 7.41. The monoisotopic (exact) mass is 480 g/mol. The first kappa shape index (κ1) is 22.8. The van der Waals surface area contributed by atoms with Gasteiger partial charge in [0.1, 0.15) is 11.4 Å². The summed E-state index contributed by atoms with van der Waals surface area (Å²) in [7, 11) is 1.22. The highest BCUT2D eigenvalue weighted by atomic mass is 16.7. The second-order valence-corrected chi connectivity index (χ2v) is 10.3. The van der Waals surface area contributed by atoms with E-state index in [4.69, 9.17) is 24.1 Å². The van der Waals surface area contributed by atoms with Crippen LogP contribution in [0.2, 0.25) is 0 Å². The van der Waals surface area contributed by atoms with Crippen molar-refractivity contribution in [3.8, 4) is 17.3 Å². The molecule has 1 fully saturated rings. The number of hydrogen-bond acceptors (Lipinski definition) is 5. The summed E-state index contributed by atoms with van der Waals surface area (Å²) in [6.45, 7) is 8.89. The molecule has 1 saturated heterocycles. The summed E-state index contributed by atoms with van der Waals surface area (Å²) in [6.07, 6.45) is 0. The van der Waals surface area contributed by atoms with Crippen molar-refractivity contribution in [1.82, 2.24) is 19.7 Å². The third-order valence-electron chi connectivity index (χ3n) is 7.41. The summed E-state index contributed by atoms with van der Waals surface area (Å²) in [6, 6.07) is 22.4. The minimum atomic E-state index is -0.451. The number of imidazole rings is 1. The van der Waals surface area contributed by atoms with Crippen molar-refractivity contribution in [1.29, 1.82) is 0 Å². The normalized spacial score (nSPS) is 16.8. The van der Waals surface area contributed by atoms with Crippen molar-refractivity contribution >= 4 is 34.5 Å². The molecule has 3 heterocycles. The molecule has 8 heteroatoms. The van der Waals surface area contributed by atoms with Gasteiger partial charge in [-0.05, 0) is 69.1 Å². The Hall–Kier alpha value is -3.62. The van der Waals surface area contributed by atoms with E-state index in [0.717, 1.165) is 50.2 Å². The van der Waals surface area contributed by atoms with Crippen LogP contribution in [-0.2, 0) is 15.9 Å². The molecule has 1 N–H and O–H groups in total. The Kier molecular flexibility index (Phi) is 5.21. The summed E-state index contributed by atoms with van der Waals surface area (Å²) in [4.78, 5) is 8.28. The predicted molar refractivity (Wildman–Crippen MR) is 143 cm³/mol. The SMILES string of the molecule is COc1ccc(Cn2nc(-c3nc4ccccc4[nH]3)c3cc(B4OC(C)(C)C(C)(C)O4)ccc32)cc1. The van der Waals surface area contributed by atoms with Gasteiger partial charge in [0, 0.05) is 5.39 Å². The lowest BCUT2D eigenvalue weighted by Crippen LogP contribution is -2.41. The third kappa shape index (κ3) is 3.77. The Morgan fingerprint density at radius 1 is 0.944 bits per heavy atom. The summed E-state index contributed by atoms with van der Waals surface area (Å²) < 4.78 is 20.0. The molecule has 0 radical (unpaired) electrons. The van der Waals surface area contributed by atoms with Gasteiger partial charge in [0.05, 0.1) is 41.4 Å². The summed E-state index contributed by atoms with van der Waals surface area (Å²) in [5.41, 5.74) is 4.97. The van der Waals surface area contributed by atoms with Crippen LogP contribution in [0.1, 0.15) is 33.3 Å². The largest absolute Gasteiger partial charge is 0.497 e. The summed E-state index contributed by atoms with van der Waals surface area (Å²) in [5.74, 6) is 1.57. The molecule has 36 heavy (non-hydrogen) atoms. The van der Waals surface area contributed by atoms with E-state index < -0.39 is 18.3 Å². The summed E-state index contributed by atoms with van der Waals surface area (Å²) >= 11 is 0. The van der Waals surface area contributed by atoms with E-state index in [-0.39, 0.29) is 0 Å². The molecule has 182 valence electrons. The van der Waals surface area contributed by atoms with Gasteiger partial charge in [0.15, 0.2) is 5.82 Å². The van der Waals surface area contributed by atoms with Crippen LogP contribution in [-0.4, -0.2) is 45.2 Å². The molecule has 6 rings (SSSR count). The average Bonchev–Trinajstić information content (AvgIpc) is 3.50. The van der Waals surface area contributed by atoms with Gasteiger partial charge in [-0.25, -0.2) is 4.98 Å². The van der Waals surface area contributed by atoms with Gasteiger partial charge in [-0.2, -0.15) is 5.10 Å². The number of hydrogen-bond donors (Lipinski definition) is 1. The van der Waals surface area contributed by atoms with Crippen molar-refractivity contribution in [3.63, 3.8) is 0 Å². The molecule has 0 saturated carbocycles. The van der Waals surface area contributed by atoms with Crippen LogP contribution in [0.3, 0.4) is 0 Å². The van der Waals surface area contributed by atoms with Crippen molar-refractivity contribution in [3.05, 3.63) is 72.3 Å². The highest BCUT2D eigenvalue weighted by Crippen LogP contribution is 2.37. The number of methoxy groups -OCH3 is 1. The van der Waals surface area contributed by atoms with E-state index in [9.17, 15) is 0 Å². The maximum Gasteiger partial charge on any atom is 0.494 e. The number of para-hydroxylation sites is 2. The zero-order valence-corrected chi connectivity index (χ0v) is 21.2. The highest BCUT2D eigenvalue weighted by molar-refractivity contribution is 6.62. The zero-order chi connectivity index (χ0) is 25.1.